The lowest BCUT2D eigenvalue weighted by molar-refractivity contribution is 0.170. The third-order valence-electron chi connectivity index (χ3n) is 7.26. The first-order chi connectivity index (χ1) is 15.7. The largest absolute Gasteiger partial charge is 0.493 e. The molecule has 1 aliphatic carbocycles. The fourth-order valence-corrected chi connectivity index (χ4v) is 4.88. The molecule has 0 unspecified atom stereocenters. The van der Waals surface area contributed by atoms with Crippen molar-refractivity contribution in [2.75, 3.05) is 19.7 Å². The summed E-state index contributed by atoms with van der Waals surface area (Å²) in [6.07, 6.45) is 7.14. The highest BCUT2D eigenvalue weighted by atomic mass is 16.5. The van der Waals surface area contributed by atoms with Crippen molar-refractivity contribution in [3.8, 4) is 5.75 Å². The fraction of sp³-hybridized carbons (Fsp3) is 0.519. The zero-order valence-electron chi connectivity index (χ0n) is 19.1. The van der Waals surface area contributed by atoms with Gasteiger partial charge in [0.25, 0.3) is 0 Å². The first-order valence-electron chi connectivity index (χ1n) is 12.1. The van der Waals surface area contributed by atoms with Crippen LogP contribution >= 0.6 is 0 Å². The van der Waals surface area contributed by atoms with Gasteiger partial charge in [-0.1, -0.05) is 29.4 Å². The van der Waals surface area contributed by atoms with Crippen molar-refractivity contribution in [3.63, 3.8) is 0 Å². The van der Waals surface area contributed by atoms with Gasteiger partial charge in [0.05, 0.1) is 18.9 Å². The summed E-state index contributed by atoms with van der Waals surface area (Å²) < 4.78 is 11.7. The predicted octanol–water partition coefficient (Wildman–Crippen LogP) is 5.26. The molecule has 2 aromatic carbocycles. The van der Waals surface area contributed by atoms with E-state index in [2.05, 4.69) is 41.2 Å². The highest BCUT2D eigenvalue weighted by Gasteiger charge is 2.24. The van der Waals surface area contributed by atoms with Gasteiger partial charge in [0.1, 0.15) is 5.75 Å². The number of rotatable bonds is 9. The van der Waals surface area contributed by atoms with Gasteiger partial charge in [0, 0.05) is 17.5 Å². The van der Waals surface area contributed by atoms with E-state index in [9.17, 15) is 5.11 Å². The number of fused-ring (bicyclic) bond motifs is 1. The molecule has 2 heterocycles. The van der Waals surface area contributed by atoms with Crippen LogP contribution in [0.5, 0.6) is 5.75 Å². The Bertz CT molecular complexity index is 1050. The summed E-state index contributed by atoms with van der Waals surface area (Å²) in [6, 6.07) is 12.4. The van der Waals surface area contributed by atoms with Gasteiger partial charge in [0.15, 0.2) is 5.58 Å². The molecule has 0 amide bonds. The van der Waals surface area contributed by atoms with Crippen molar-refractivity contribution < 1.29 is 14.4 Å². The predicted molar refractivity (Wildman–Crippen MR) is 126 cm³/mol. The van der Waals surface area contributed by atoms with E-state index in [0.717, 1.165) is 84.5 Å². The second-order valence-electron chi connectivity index (χ2n) is 9.63. The third kappa shape index (κ3) is 4.84. The number of aliphatic hydroxyl groups is 1. The lowest BCUT2D eigenvalue weighted by Crippen LogP contribution is -2.33. The monoisotopic (exact) mass is 434 g/mol. The first-order valence-corrected chi connectivity index (χ1v) is 12.1. The minimum atomic E-state index is 0.117. The molecule has 32 heavy (non-hydrogen) atoms. The molecule has 1 N–H and O–H groups in total. The van der Waals surface area contributed by atoms with Crippen LogP contribution in [0.2, 0.25) is 0 Å². The molecule has 2 fully saturated rings. The Morgan fingerprint density at radius 1 is 1.03 bits per heavy atom. The molecule has 170 valence electrons. The Balaban J connectivity index is 1.14. The summed E-state index contributed by atoms with van der Waals surface area (Å²) in [6.45, 7) is 6.17. The van der Waals surface area contributed by atoms with E-state index in [0.29, 0.717) is 0 Å². The number of aliphatic hydroxyl groups excluding tert-OH is 1. The maximum absolute atomic E-state index is 9.57. The Kier molecular flexibility index (Phi) is 6.47. The van der Waals surface area contributed by atoms with E-state index >= 15 is 0 Å². The van der Waals surface area contributed by atoms with Gasteiger partial charge in [-0.15, -0.1) is 0 Å². The number of nitrogens with zero attached hydrogens (tertiary/aromatic N) is 2. The van der Waals surface area contributed by atoms with Gasteiger partial charge in [-0.25, -0.2) is 0 Å². The van der Waals surface area contributed by atoms with E-state index in [1.54, 1.807) is 0 Å². The average molecular weight is 435 g/mol. The average Bonchev–Trinajstić information content (AvgIpc) is 3.56. The highest BCUT2D eigenvalue weighted by molar-refractivity contribution is 5.84. The fourth-order valence-electron chi connectivity index (χ4n) is 4.88. The number of ether oxygens (including phenoxy) is 1. The maximum Gasteiger partial charge on any atom is 0.173 e. The topological polar surface area (TPSA) is 58.7 Å². The highest BCUT2D eigenvalue weighted by Crippen LogP contribution is 2.34. The molecule has 1 saturated heterocycles. The first kappa shape index (κ1) is 21.5. The molecule has 2 aliphatic rings. The summed E-state index contributed by atoms with van der Waals surface area (Å²) in [4.78, 5) is 2.52. The minimum Gasteiger partial charge on any atom is -0.493 e. The zero-order valence-corrected chi connectivity index (χ0v) is 19.1. The molecule has 0 radical (unpaired) electrons. The molecule has 3 aromatic rings. The van der Waals surface area contributed by atoms with Gasteiger partial charge in [-0.3, -0.25) is 4.90 Å². The summed E-state index contributed by atoms with van der Waals surface area (Å²) in [7, 11) is 0. The zero-order chi connectivity index (χ0) is 21.9. The number of aryl methyl sites for hydroxylation is 2. The molecule has 5 heteroatoms. The van der Waals surface area contributed by atoms with Gasteiger partial charge in [0.2, 0.25) is 0 Å². The van der Waals surface area contributed by atoms with Gasteiger partial charge in [-0.2, -0.15) is 0 Å². The number of piperidine rings is 1. The summed E-state index contributed by atoms with van der Waals surface area (Å²) >= 11 is 0. The Labute approximate surface area is 190 Å². The quantitative estimate of drug-likeness (QED) is 0.498. The van der Waals surface area contributed by atoms with Crippen LogP contribution in [0.4, 0.5) is 0 Å². The second kappa shape index (κ2) is 9.63. The Hall–Kier alpha value is -2.37. The van der Waals surface area contributed by atoms with Crippen molar-refractivity contribution in [2.24, 2.45) is 11.8 Å². The second-order valence-corrected chi connectivity index (χ2v) is 9.63. The number of benzene rings is 2. The van der Waals surface area contributed by atoms with Crippen LogP contribution in [-0.2, 0) is 19.6 Å². The van der Waals surface area contributed by atoms with Crippen LogP contribution in [0.1, 0.15) is 54.5 Å². The normalized spacial score (nSPS) is 17.8. The van der Waals surface area contributed by atoms with E-state index in [-0.39, 0.29) is 6.61 Å². The van der Waals surface area contributed by atoms with Gasteiger partial charge in [-0.05, 0) is 93.6 Å². The molecule has 5 rings (SSSR count). The van der Waals surface area contributed by atoms with Crippen molar-refractivity contribution in [1.82, 2.24) is 10.1 Å². The summed E-state index contributed by atoms with van der Waals surface area (Å²) in [5.74, 6) is 2.40. The van der Waals surface area contributed by atoms with Crippen LogP contribution in [0.25, 0.3) is 11.0 Å². The van der Waals surface area contributed by atoms with Crippen LogP contribution in [-0.4, -0.2) is 34.9 Å². The van der Waals surface area contributed by atoms with Crippen molar-refractivity contribution >= 4 is 11.0 Å². The molecule has 0 spiro atoms. The van der Waals surface area contributed by atoms with Crippen LogP contribution in [0.15, 0.2) is 40.9 Å². The molecular formula is C27H34N2O3. The maximum atomic E-state index is 9.57. The van der Waals surface area contributed by atoms with Crippen LogP contribution < -0.4 is 4.74 Å². The number of hydrogen-bond donors (Lipinski definition) is 1. The van der Waals surface area contributed by atoms with E-state index in [4.69, 9.17) is 9.26 Å². The standard InChI is InChI=1S/C27H34N2O3/c1-19-26(31-18-21-6-7-21)11-9-24-25(28-32-27(19)24)10-8-20-12-14-29(15-13-20)16-22-4-2-3-5-23(22)17-30/h2-5,9,11,20-21,30H,6-8,10,12-18H2,1H3. The summed E-state index contributed by atoms with van der Waals surface area (Å²) in [5.41, 5.74) is 5.32. The number of hydrogen-bond acceptors (Lipinski definition) is 5. The smallest absolute Gasteiger partial charge is 0.173 e. The Morgan fingerprint density at radius 2 is 1.81 bits per heavy atom. The van der Waals surface area contributed by atoms with Crippen LogP contribution in [0.3, 0.4) is 0 Å². The molecule has 5 nitrogen and oxygen atoms in total. The van der Waals surface area contributed by atoms with Gasteiger partial charge >= 0.3 is 0 Å². The van der Waals surface area contributed by atoms with Crippen molar-refractivity contribution in [3.05, 3.63) is 58.8 Å². The van der Waals surface area contributed by atoms with Crippen molar-refractivity contribution in [1.29, 1.82) is 0 Å². The molecule has 1 aromatic heterocycles. The minimum absolute atomic E-state index is 0.117. The Morgan fingerprint density at radius 3 is 2.56 bits per heavy atom. The van der Waals surface area contributed by atoms with Crippen LogP contribution in [0, 0.1) is 18.8 Å². The molecule has 0 bridgehead atoms. The molecule has 1 aliphatic heterocycles. The molecule has 1 saturated carbocycles. The van der Waals surface area contributed by atoms with Gasteiger partial charge < -0.3 is 14.4 Å². The summed E-state index contributed by atoms with van der Waals surface area (Å²) in [5, 5.41) is 15.1. The number of likely N-dealkylation sites (tertiary alicyclic amines) is 1. The van der Waals surface area contributed by atoms with Crippen molar-refractivity contribution in [2.45, 2.75) is 58.6 Å². The number of aromatic nitrogens is 1. The van der Waals surface area contributed by atoms with E-state index in [1.165, 1.54) is 31.2 Å². The van der Waals surface area contributed by atoms with E-state index < -0.39 is 0 Å². The van der Waals surface area contributed by atoms with E-state index in [1.807, 2.05) is 12.1 Å². The third-order valence-corrected chi connectivity index (χ3v) is 7.26. The molecular weight excluding hydrogens is 400 g/mol. The SMILES string of the molecule is Cc1c(OCC2CC2)ccc2c(CCC3CCN(Cc4ccccc4CO)CC3)noc12. The lowest BCUT2D eigenvalue weighted by atomic mass is 9.90. The molecule has 0 atom stereocenters. The lowest BCUT2D eigenvalue weighted by Gasteiger charge is -2.32.